The van der Waals surface area contributed by atoms with Crippen molar-refractivity contribution in [2.75, 3.05) is 0 Å². The Labute approximate surface area is 96.7 Å². The maximum Gasteiger partial charge on any atom is 0.0320 e. The van der Waals surface area contributed by atoms with Gasteiger partial charge in [0, 0.05) is 11.8 Å². The number of hydrogen-bond acceptors (Lipinski definition) is 0. The van der Waals surface area contributed by atoms with Crippen LogP contribution in [-0.2, 0) is 5.41 Å². The predicted molar refractivity (Wildman–Crippen MR) is 67.9 cm³/mol. The van der Waals surface area contributed by atoms with Crippen molar-refractivity contribution < 1.29 is 0 Å². The molecule has 2 aliphatic rings. The van der Waals surface area contributed by atoms with E-state index in [1.165, 1.54) is 22.3 Å². The van der Waals surface area contributed by atoms with E-state index in [0.29, 0.717) is 0 Å². The van der Waals surface area contributed by atoms with Crippen LogP contribution in [0.2, 0.25) is 0 Å². The van der Waals surface area contributed by atoms with Crippen LogP contribution in [0, 0.1) is 11.8 Å². The Morgan fingerprint density at radius 3 is 2.88 bits per heavy atom. The normalized spacial score (nSPS) is 19.6. The van der Waals surface area contributed by atoms with Gasteiger partial charge in [-0.2, -0.15) is 0 Å². The lowest BCUT2D eigenvalue weighted by molar-refractivity contribution is 0.628. The van der Waals surface area contributed by atoms with Gasteiger partial charge in [-0.1, -0.05) is 50.0 Å². The van der Waals surface area contributed by atoms with Gasteiger partial charge >= 0.3 is 0 Å². The van der Waals surface area contributed by atoms with Crippen molar-refractivity contribution >= 4 is 5.57 Å². The average Bonchev–Trinajstić information content (AvgIpc) is 2.50. The van der Waals surface area contributed by atoms with Crippen LogP contribution in [0.1, 0.15) is 31.4 Å². The van der Waals surface area contributed by atoms with Crippen molar-refractivity contribution in [2.24, 2.45) is 0 Å². The van der Waals surface area contributed by atoms with Gasteiger partial charge in [-0.05, 0) is 34.4 Å². The first-order valence-corrected chi connectivity index (χ1v) is 5.70. The molecule has 2 aliphatic carbocycles. The van der Waals surface area contributed by atoms with E-state index >= 15 is 0 Å². The molecule has 3 rings (SSSR count). The van der Waals surface area contributed by atoms with Crippen molar-refractivity contribution in [1.29, 1.82) is 0 Å². The Morgan fingerprint density at radius 2 is 2.00 bits per heavy atom. The highest BCUT2D eigenvalue weighted by molar-refractivity contribution is 5.86. The van der Waals surface area contributed by atoms with Crippen molar-refractivity contribution in [3.05, 3.63) is 53.1 Å². The maximum atomic E-state index is 3.21. The quantitative estimate of drug-likeness (QED) is 0.568. The lowest BCUT2D eigenvalue weighted by Crippen LogP contribution is -2.16. The monoisotopic (exact) mass is 206 g/mol. The zero-order valence-electron chi connectivity index (χ0n) is 9.67. The second-order valence-corrected chi connectivity index (χ2v) is 4.89. The van der Waals surface area contributed by atoms with Crippen molar-refractivity contribution in [2.45, 2.75) is 25.7 Å². The third-order valence-corrected chi connectivity index (χ3v) is 3.67. The summed E-state index contributed by atoms with van der Waals surface area (Å²) in [6, 6.07) is 8.70. The van der Waals surface area contributed by atoms with Gasteiger partial charge < -0.3 is 0 Å². The molecule has 0 amide bonds. The van der Waals surface area contributed by atoms with Gasteiger partial charge in [-0.15, -0.1) is 0 Å². The van der Waals surface area contributed by atoms with Crippen LogP contribution < -0.4 is 0 Å². The largest absolute Gasteiger partial charge is 0.0940 e. The molecule has 0 bridgehead atoms. The van der Waals surface area contributed by atoms with E-state index in [-0.39, 0.29) is 5.41 Å². The van der Waals surface area contributed by atoms with Crippen LogP contribution in [0.5, 0.6) is 0 Å². The summed E-state index contributed by atoms with van der Waals surface area (Å²) >= 11 is 0. The van der Waals surface area contributed by atoms with Crippen molar-refractivity contribution in [3.63, 3.8) is 0 Å². The summed E-state index contributed by atoms with van der Waals surface area (Å²) in [6.45, 7) is 4.60. The molecule has 0 saturated carbocycles. The highest BCUT2D eigenvalue weighted by atomic mass is 14.4. The van der Waals surface area contributed by atoms with Crippen LogP contribution in [0.3, 0.4) is 0 Å². The highest BCUT2D eigenvalue weighted by Crippen LogP contribution is 2.47. The molecule has 1 aromatic rings. The number of fused-ring (bicyclic) bond motifs is 2. The first kappa shape index (κ1) is 9.48. The standard InChI is InChI=1S/C16H14/c1-16(2)14-10-5-3-4-8-12(14)13-9-6-7-11-15(13)16/h4,6-9,11H,10H2,1-2H3. The van der Waals surface area contributed by atoms with Crippen LogP contribution in [-0.4, -0.2) is 0 Å². The van der Waals surface area contributed by atoms with Crippen molar-refractivity contribution in [3.8, 4) is 11.8 Å². The zero-order valence-corrected chi connectivity index (χ0v) is 9.67. The molecule has 0 saturated heterocycles. The van der Waals surface area contributed by atoms with E-state index in [0.717, 1.165) is 6.42 Å². The predicted octanol–water partition coefficient (Wildman–Crippen LogP) is 3.69. The smallest absolute Gasteiger partial charge is 0.0320 e. The van der Waals surface area contributed by atoms with Gasteiger partial charge in [0.1, 0.15) is 0 Å². The highest BCUT2D eigenvalue weighted by Gasteiger charge is 2.35. The van der Waals surface area contributed by atoms with Crippen LogP contribution >= 0.6 is 0 Å². The number of hydrogen-bond donors (Lipinski definition) is 0. The third kappa shape index (κ3) is 1.12. The third-order valence-electron chi connectivity index (χ3n) is 3.67. The van der Waals surface area contributed by atoms with E-state index in [4.69, 9.17) is 0 Å². The molecular weight excluding hydrogens is 192 g/mol. The molecule has 16 heavy (non-hydrogen) atoms. The summed E-state index contributed by atoms with van der Waals surface area (Å²) < 4.78 is 0. The van der Waals surface area contributed by atoms with Crippen LogP contribution in [0.15, 0.2) is 42.0 Å². The van der Waals surface area contributed by atoms with E-state index < -0.39 is 0 Å². The molecule has 78 valence electrons. The van der Waals surface area contributed by atoms with Gasteiger partial charge in [0.25, 0.3) is 0 Å². The summed E-state index contributed by atoms with van der Waals surface area (Å²) in [4.78, 5) is 0. The summed E-state index contributed by atoms with van der Waals surface area (Å²) in [5.74, 6) is 6.29. The fraction of sp³-hybridized carbons (Fsp3) is 0.250. The van der Waals surface area contributed by atoms with Crippen molar-refractivity contribution in [1.82, 2.24) is 0 Å². The van der Waals surface area contributed by atoms with E-state index in [1.807, 2.05) is 6.08 Å². The Kier molecular flexibility index (Phi) is 1.85. The molecule has 0 nitrogen and oxygen atoms in total. The molecule has 0 N–H and O–H groups in total. The van der Waals surface area contributed by atoms with E-state index in [9.17, 15) is 0 Å². The average molecular weight is 206 g/mol. The zero-order chi connectivity index (χ0) is 11.2. The van der Waals surface area contributed by atoms with Gasteiger partial charge in [-0.3, -0.25) is 0 Å². The first-order chi connectivity index (χ1) is 7.71. The van der Waals surface area contributed by atoms with Crippen LogP contribution in [0.4, 0.5) is 0 Å². The van der Waals surface area contributed by atoms with E-state index in [1.54, 1.807) is 0 Å². The summed E-state index contributed by atoms with van der Waals surface area (Å²) in [5, 5.41) is 0. The van der Waals surface area contributed by atoms with Gasteiger partial charge in [0.2, 0.25) is 0 Å². The SMILES string of the molecule is CC1(C)C2=C(C=CC#CC2)c2ccccc21. The minimum absolute atomic E-state index is 0.134. The lowest BCUT2D eigenvalue weighted by Gasteiger charge is -2.23. The minimum atomic E-state index is 0.134. The van der Waals surface area contributed by atoms with Gasteiger partial charge in [0.05, 0.1) is 0 Å². The molecule has 0 heterocycles. The topological polar surface area (TPSA) is 0 Å². The Balaban J connectivity index is 2.29. The number of benzene rings is 1. The molecule has 0 aliphatic heterocycles. The molecule has 0 spiro atoms. The fourth-order valence-electron chi connectivity index (χ4n) is 2.75. The second kappa shape index (κ2) is 3.12. The van der Waals surface area contributed by atoms with E-state index in [2.05, 4.69) is 56.0 Å². The molecule has 0 radical (unpaired) electrons. The molecule has 0 heteroatoms. The molecule has 0 unspecified atom stereocenters. The van der Waals surface area contributed by atoms with Gasteiger partial charge in [-0.25, -0.2) is 0 Å². The molecular formula is C16H14. The number of rotatable bonds is 0. The molecule has 0 fully saturated rings. The number of allylic oxidation sites excluding steroid dienone is 4. The summed E-state index contributed by atoms with van der Waals surface area (Å²) in [5.41, 5.74) is 5.79. The Morgan fingerprint density at radius 1 is 1.19 bits per heavy atom. The Hall–Kier alpha value is -1.74. The fourth-order valence-corrected chi connectivity index (χ4v) is 2.75. The summed E-state index contributed by atoms with van der Waals surface area (Å²) in [6.07, 6.45) is 5.04. The van der Waals surface area contributed by atoms with Gasteiger partial charge in [0.15, 0.2) is 0 Å². The molecule has 0 aromatic heterocycles. The van der Waals surface area contributed by atoms with Crippen LogP contribution in [0.25, 0.3) is 5.57 Å². The lowest BCUT2D eigenvalue weighted by atomic mass is 9.80. The molecule has 0 atom stereocenters. The second-order valence-electron chi connectivity index (χ2n) is 4.89. The molecule has 1 aromatic carbocycles. The maximum absolute atomic E-state index is 3.21. The first-order valence-electron chi connectivity index (χ1n) is 5.70. The minimum Gasteiger partial charge on any atom is -0.0940 e. The Bertz CT molecular complexity index is 572. The summed E-state index contributed by atoms with van der Waals surface area (Å²) in [7, 11) is 0.